The zero-order valence-corrected chi connectivity index (χ0v) is 17.5. The molecule has 10 heteroatoms. The van der Waals surface area contributed by atoms with Crippen molar-refractivity contribution in [2.75, 3.05) is 33.3 Å². The number of aromatic nitrogens is 3. The highest BCUT2D eigenvalue weighted by Crippen LogP contribution is 2.39. The van der Waals surface area contributed by atoms with Crippen molar-refractivity contribution in [3.8, 4) is 5.88 Å². The van der Waals surface area contributed by atoms with Gasteiger partial charge in [-0.3, -0.25) is 14.5 Å². The molecule has 3 fully saturated rings. The Hall–Kier alpha value is -3.17. The fourth-order valence-corrected chi connectivity index (χ4v) is 4.20. The van der Waals surface area contributed by atoms with Gasteiger partial charge in [-0.15, -0.1) is 5.10 Å². The van der Waals surface area contributed by atoms with Gasteiger partial charge in [-0.05, 0) is 37.7 Å². The number of fused-ring (bicyclic) bond motifs is 1. The second-order valence-corrected chi connectivity index (χ2v) is 8.63. The highest BCUT2D eigenvalue weighted by molar-refractivity contribution is 6.08. The van der Waals surface area contributed by atoms with E-state index in [0.717, 1.165) is 29.1 Å². The van der Waals surface area contributed by atoms with Gasteiger partial charge < -0.3 is 15.0 Å². The van der Waals surface area contributed by atoms with Gasteiger partial charge in [-0.1, -0.05) is 0 Å². The van der Waals surface area contributed by atoms with Crippen LogP contribution in [0.4, 0.5) is 4.79 Å². The van der Waals surface area contributed by atoms with Gasteiger partial charge in [0.1, 0.15) is 5.92 Å². The molecule has 3 aliphatic rings. The van der Waals surface area contributed by atoms with E-state index in [2.05, 4.69) is 15.4 Å². The molecular weight excluding hydrogens is 400 g/mol. The SMILES string of the molecule is CN1C(=O)NCC(C(=O)N2CCC(COc3ccc4nc(C5CC5)cn4n3)CC2)C1=O. The number of nitrogens with one attached hydrogen (secondary N) is 1. The van der Waals surface area contributed by atoms with Crippen LogP contribution in [0.5, 0.6) is 5.88 Å². The third-order valence-electron chi connectivity index (χ3n) is 6.39. The van der Waals surface area contributed by atoms with Crippen LogP contribution in [0.1, 0.15) is 37.3 Å². The number of urea groups is 1. The van der Waals surface area contributed by atoms with E-state index in [-0.39, 0.29) is 12.5 Å². The van der Waals surface area contributed by atoms with Gasteiger partial charge in [0.05, 0.1) is 18.5 Å². The fraction of sp³-hybridized carbons (Fsp3) is 0.571. The summed E-state index contributed by atoms with van der Waals surface area (Å²) in [5, 5.41) is 7.10. The maximum Gasteiger partial charge on any atom is 0.323 e. The molecule has 10 nitrogen and oxygen atoms in total. The Kier molecular flexibility index (Phi) is 4.99. The number of likely N-dealkylation sites (tertiary alicyclic amines) is 1. The van der Waals surface area contributed by atoms with Crippen molar-refractivity contribution in [2.24, 2.45) is 11.8 Å². The van der Waals surface area contributed by atoms with Crippen LogP contribution in [0.3, 0.4) is 0 Å². The first-order valence-electron chi connectivity index (χ1n) is 10.8. The van der Waals surface area contributed by atoms with Gasteiger partial charge >= 0.3 is 6.03 Å². The van der Waals surface area contributed by atoms with Crippen molar-refractivity contribution < 1.29 is 19.1 Å². The minimum Gasteiger partial charge on any atom is -0.476 e. The quantitative estimate of drug-likeness (QED) is 0.715. The summed E-state index contributed by atoms with van der Waals surface area (Å²) in [6.07, 6.45) is 5.99. The van der Waals surface area contributed by atoms with Crippen molar-refractivity contribution in [2.45, 2.75) is 31.6 Å². The summed E-state index contributed by atoms with van der Waals surface area (Å²) in [6, 6.07) is 3.31. The predicted molar refractivity (Wildman–Crippen MR) is 109 cm³/mol. The van der Waals surface area contributed by atoms with Crippen molar-refractivity contribution in [1.82, 2.24) is 29.7 Å². The number of amides is 4. The number of rotatable bonds is 5. The molecule has 0 radical (unpaired) electrons. The molecule has 2 aromatic rings. The lowest BCUT2D eigenvalue weighted by atomic mass is 9.95. The second-order valence-electron chi connectivity index (χ2n) is 8.63. The molecule has 5 rings (SSSR count). The van der Waals surface area contributed by atoms with Crippen LogP contribution in [0, 0.1) is 11.8 Å². The van der Waals surface area contributed by atoms with Gasteiger partial charge in [0.2, 0.25) is 17.7 Å². The molecule has 31 heavy (non-hydrogen) atoms. The first-order valence-corrected chi connectivity index (χ1v) is 10.8. The maximum atomic E-state index is 12.8. The average molecular weight is 426 g/mol. The minimum absolute atomic E-state index is 0.0642. The molecular formula is C21H26N6O4. The summed E-state index contributed by atoms with van der Waals surface area (Å²) >= 11 is 0. The van der Waals surface area contributed by atoms with Crippen LogP contribution in [0.15, 0.2) is 18.3 Å². The van der Waals surface area contributed by atoms with Crippen molar-refractivity contribution in [3.63, 3.8) is 0 Å². The van der Waals surface area contributed by atoms with E-state index in [0.29, 0.717) is 37.4 Å². The van der Waals surface area contributed by atoms with E-state index >= 15 is 0 Å². The Bertz CT molecular complexity index is 1020. The Labute approximate surface area is 179 Å². The summed E-state index contributed by atoms with van der Waals surface area (Å²) in [7, 11) is 1.39. The minimum atomic E-state index is -0.831. The van der Waals surface area contributed by atoms with E-state index in [1.54, 1.807) is 9.42 Å². The average Bonchev–Trinajstić information content (AvgIpc) is 3.55. The molecule has 2 aromatic heterocycles. The number of piperidine rings is 1. The topological polar surface area (TPSA) is 109 Å². The molecule has 1 saturated carbocycles. The molecule has 1 aliphatic carbocycles. The predicted octanol–water partition coefficient (Wildman–Crippen LogP) is 1.02. The molecule has 164 valence electrons. The van der Waals surface area contributed by atoms with Crippen LogP contribution in [-0.4, -0.2) is 75.5 Å². The number of carbonyl (C=O) groups is 3. The molecule has 4 amide bonds. The van der Waals surface area contributed by atoms with Crippen LogP contribution in [-0.2, 0) is 9.59 Å². The van der Waals surface area contributed by atoms with Gasteiger partial charge in [0.25, 0.3) is 0 Å². The summed E-state index contributed by atoms with van der Waals surface area (Å²) in [4.78, 5) is 43.9. The number of hydrogen-bond donors (Lipinski definition) is 1. The van der Waals surface area contributed by atoms with E-state index in [4.69, 9.17) is 4.74 Å². The molecule has 0 bridgehead atoms. The monoisotopic (exact) mass is 426 g/mol. The molecule has 4 heterocycles. The van der Waals surface area contributed by atoms with E-state index in [1.807, 2.05) is 18.3 Å². The van der Waals surface area contributed by atoms with Crippen LogP contribution >= 0.6 is 0 Å². The Morgan fingerprint density at radius 2 is 1.97 bits per heavy atom. The number of carbonyl (C=O) groups excluding carboxylic acids is 3. The van der Waals surface area contributed by atoms with Crippen LogP contribution < -0.4 is 10.1 Å². The second kappa shape index (κ2) is 7.82. The Balaban J connectivity index is 1.12. The summed E-state index contributed by atoms with van der Waals surface area (Å²) in [5.41, 5.74) is 1.93. The molecule has 1 atom stereocenters. The first kappa shape index (κ1) is 19.8. The standard InChI is InChI=1S/C21H26N6O4/c1-25-19(28)15(10-22-21(25)30)20(29)26-8-6-13(7-9-26)12-31-18-5-4-17-23-16(14-2-3-14)11-27(17)24-18/h4-5,11,13-15H,2-3,6-10,12H2,1H3,(H,22,30). The summed E-state index contributed by atoms with van der Waals surface area (Å²) in [6.45, 7) is 1.75. The summed E-state index contributed by atoms with van der Waals surface area (Å²) in [5.74, 6) is -0.0188. The Morgan fingerprint density at radius 1 is 1.19 bits per heavy atom. The molecule has 2 saturated heterocycles. The van der Waals surface area contributed by atoms with Crippen molar-refractivity contribution in [1.29, 1.82) is 0 Å². The number of hydrogen-bond acceptors (Lipinski definition) is 6. The molecule has 1 unspecified atom stereocenters. The van der Waals surface area contributed by atoms with Gasteiger partial charge in [0, 0.05) is 38.7 Å². The van der Waals surface area contributed by atoms with Gasteiger partial charge in [-0.2, -0.15) is 0 Å². The zero-order valence-electron chi connectivity index (χ0n) is 17.5. The number of nitrogens with zero attached hydrogens (tertiary/aromatic N) is 5. The van der Waals surface area contributed by atoms with Gasteiger partial charge in [-0.25, -0.2) is 14.3 Å². The molecule has 1 N–H and O–H groups in total. The van der Waals surface area contributed by atoms with Gasteiger partial charge in [0.15, 0.2) is 5.65 Å². The van der Waals surface area contributed by atoms with Crippen LogP contribution in [0.2, 0.25) is 0 Å². The fourth-order valence-electron chi connectivity index (χ4n) is 4.20. The maximum absolute atomic E-state index is 12.8. The largest absolute Gasteiger partial charge is 0.476 e. The smallest absolute Gasteiger partial charge is 0.323 e. The normalized spacial score (nSPS) is 22.7. The highest BCUT2D eigenvalue weighted by atomic mass is 16.5. The van der Waals surface area contributed by atoms with E-state index < -0.39 is 17.9 Å². The summed E-state index contributed by atoms with van der Waals surface area (Å²) < 4.78 is 7.70. The third-order valence-corrected chi connectivity index (χ3v) is 6.39. The molecule has 0 aromatic carbocycles. The lowest BCUT2D eigenvalue weighted by molar-refractivity contribution is -0.146. The molecule has 2 aliphatic heterocycles. The number of ether oxygens (including phenoxy) is 1. The van der Waals surface area contributed by atoms with E-state index in [9.17, 15) is 14.4 Å². The number of imidazole rings is 1. The third kappa shape index (κ3) is 3.94. The van der Waals surface area contributed by atoms with Crippen molar-refractivity contribution >= 4 is 23.5 Å². The first-order chi connectivity index (χ1) is 15.0. The zero-order chi connectivity index (χ0) is 21.5. The lowest BCUT2D eigenvalue weighted by Crippen LogP contribution is -2.58. The highest BCUT2D eigenvalue weighted by Gasteiger charge is 2.39. The Morgan fingerprint density at radius 3 is 2.71 bits per heavy atom. The number of imide groups is 1. The van der Waals surface area contributed by atoms with Crippen molar-refractivity contribution in [3.05, 3.63) is 24.0 Å². The van der Waals surface area contributed by atoms with Crippen LogP contribution in [0.25, 0.3) is 5.65 Å². The lowest BCUT2D eigenvalue weighted by Gasteiger charge is -2.36. The van der Waals surface area contributed by atoms with E-state index in [1.165, 1.54) is 19.9 Å². The molecule has 0 spiro atoms.